The zero-order chi connectivity index (χ0) is 18.5. The average Bonchev–Trinajstić information content (AvgIpc) is 2.67. The highest BCUT2D eigenvalue weighted by Gasteiger charge is 2.24. The maximum Gasteiger partial charge on any atom is 0.283 e. The van der Waals surface area contributed by atoms with Crippen molar-refractivity contribution in [1.82, 2.24) is 10.4 Å². The fourth-order valence-corrected chi connectivity index (χ4v) is 3.34. The van der Waals surface area contributed by atoms with Gasteiger partial charge in [0, 0.05) is 15.4 Å². The fourth-order valence-electron chi connectivity index (χ4n) is 2.24. The molecule has 5 nitrogen and oxygen atoms in total. The molecule has 0 unspecified atom stereocenters. The Kier molecular flexibility index (Phi) is 6.18. The molecule has 0 aliphatic carbocycles. The Morgan fingerprint density at radius 3 is 2.46 bits per heavy atom. The van der Waals surface area contributed by atoms with Gasteiger partial charge in [0.2, 0.25) is 0 Å². The molecule has 0 fully saturated rings. The number of amides is 1. The molecule has 1 aliphatic heterocycles. The number of nitrogens with zero attached hydrogens (tertiary/aromatic N) is 1. The molecule has 0 bridgehead atoms. The first-order chi connectivity index (χ1) is 12.6. The number of carbonyl (C=O) groups is 1. The minimum absolute atomic E-state index is 0.125. The molecular weight excluding hydrogens is 436 g/mol. The lowest BCUT2D eigenvalue weighted by Gasteiger charge is -2.30. The number of carbonyl (C=O) groups excluding carboxylic acids is 1. The average molecular weight is 451 g/mol. The van der Waals surface area contributed by atoms with Crippen LogP contribution in [0.2, 0.25) is 0 Å². The van der Waals surface area contributed by atoms with Gasteiger partial charge < -0.3 is 9.47 Å². The second kappa shape index (κ2) is 8.57. The molecule has 134 valence electrons. The summed E-state index contributed by atoms with van der Waals surface area (Å²) in [6.07, 6.45) is 0. The number of methoxy groups -OCH3 is 1. The molecule has 2 aromatic rings. The van der Waals surface area contributed by atoms with E-state index in [4.69, 9.17) is 21.7 Å². The van der Waals surface area contributed by atoms with Crippen LogP contribution in [-0.4, -0.2) is 29.0 Å². The molecule has 0 saturated heterocycles. The van der Waals surface area contributed by atoms with Gasteiger partial charge in [-0.05, 0) is 36.4 Å². The fraction of sp³-hybridized carbons (Fsp3) is 0.111. The van der Waals surface area contributed by atoms with E-state index in [1.807, 2.05) is 29.7 Å². The van der Waals surface area contributed by atoms with Crippen molar-refractivity contribution in [3.05, 3.63) is 64.0 Å². The van der Waals surface area contributed by atoms with Gasteiger partial charge in [0.05, 0.1) is 12.8 Å². The second-order valence-electron chi connectivity index (χ2n) is 5.22. The number of halogens is 1. The van der Waals surface area contributed by atoms with Crippen molar-refractivity contribution in [2.45, 2.75) is 0 Å². The van der Waals surface area contributed by atoms with E-state index in [1.165, 1.54) is 16.8 Å². The molecule has 1 aliphatic rings. The molecule has 1 N–H and O–H groups in total. The van der Waals surface area contributed by atoms with Crippen LogP contribution in [0.15, 0.2) is 58.4 Å². The van der Waals surface area contributed by atoms with Crippen LogP contribution >= 0.6 is 39.9 Å². The van der Waals surface area contributed by atoms with Crippen molar-refractivity contribution in [3.63, 3.8) is 0 Å². The van der Waals surface area contributed by atoms with E-state index in [9.17, 15) is 4.79 Å². The number of hydrazine groups is 1. The number of thiocarbonyl (C=S) groups is 1. The van der Waals surface area contributed by atoms with Crippen LogP contribution in [0.3, 0.4) is 0 Å². The second-order valence-corrected chi connectivity index (χ2v) is 7.68. The van der Waals surface area contributed by atoms with Crippen LogP contribution in [0.1, 0.15) is 5.56 Å². The van der Waals surface area contributed by atoms with Gasteiger partial charge in [-0.15, -0.1) is 0 Å². The Morgan fingerprint density at radius 1 is 1.15 bits per heavy atom. The number of nitrogens with one attached hydrogen (secondary N) is 1. The van der Waals surface area contributed by atoms with Crippen molar-refractivity contribution >= 4 is 55.8 Å². The molecular formula is C18H15BrN2O3S2. The third-order valence-electron chi connectivity index (χ3n) is 3.53. The summed E-state index contributed by atoms with van der Waals surface area (Å²) in [6.45, 7) is -0.125. The summed E-state index contributed by atoms with van der Waals surface area (Å²) >= 11 is 9.96. The van der Waals surface area contributed by atoms with Crippen LogP contribution in [0.5, 0.6) is 11.5 Å². The minimum Gasteiger partial charge on any atom is -0.497 e. The van der Waals surface area contributed by atoms with Crippen molar-refractivity contribution in [1.29, 1.82) is 0 Å². The van der Waals surface area contributed by atoms with E-state index in [1.54, 1.807) is 31.4 Å². The van der Waals surface area contributed by atoms with Crippen LogP contribution in [0.25, 0.3) is 5.70 Å². The maximum absolute atomic E-state index is 12.7. The molecule has 0 radical (unpaired) electrons. The third kappa shape index (κ3) is 4.57. The molecule has 0 aromatic heterocycles. The normalized spacial score (nSPS) is 13.7. The Balaban J connectivity index is 1.72. The lowest BCUT2D eigenvalue weighted by Crippen LogP contribution is -2.47. The molecule has 0 saturated carbocycles. The molecule has 3 rings (SSSR count). The number of ether oxygens (including phenoxy) is 2. The Morgan fingerprint density at radius 2 is 1.81 bits per heavy atom. The van der Waals surface area contributed by atoms with E-state index in [-0.39, 0.29) is 12.5 Å². The van der Waals surface area contributed by atoms with Crippen molar-refractivity contribution < 1.29 is 14.3 Å². The molecule has 26 heavy (non-hydrogen) atoms. The number of hydrogen-bond acceptors (Lipinski definition) is 5. The van der Waals surface area contributed by atoms with Crippen LogP contribution in [0, 0.1) is 0 Å². The number of rotatable bonds is 5. The lowest BCUT2D eigenvalue weighted by atomic mass is 10.1. The van der Waals surface area contributed by atoms with Crippen LogP contribution in [-0.2, 0) is 4.79 Å². The highest BCUT2D eigenvalue weighted by molar-refractivity contribution is 9.10. The summed E-state index contributed by atoms with van der Waals surface area (Å²) in [5.41, 5.74) is 4.55. The Labute approximate surface area is 169 Å². The van der Waals surface area contributed by atoms with E-state index < -0.39 is 0 Å². The van der Waals surface area contributed by atoms with Gasteiger partial charge in [-0.25, -0.2) is 5.01 Å². The quantitative estimate of drug-likeness (QED) is 0.688. The van der Waals surface area contributed by atoms with E-state index >= 15 is 0 Å². The van der Waals surface area contributed by atoms with Gasteiger partial charge >= 0.3 is 0 Å². The first kappa shape index (κ1) is 18.8. The van der Waals surface area contributed by atoms with E-state index in [0.717, 1.165) is 21.5 Å². The monoisotopic (exact) mass is 450 g/mol. The summed E-state index contributed by atoms with van der Waals surface area (Å²) in [5.74, 6) is 1.06. The predicted octanol–water partition coefficient (Wildman–Crippen LogP) is 4.20. The lowest BCUT2D eigenvalue weighted by molar-refractivity contribution is -0.131. The minimum atomic E-state index is -0.252. The van der Waals surface area contributed by atoms with E-state index in [2.05, 4.69) is 21.4 Å². The van der Waals surface area contributed by atoms with E-state index in [0.29, 0.717) is 10.1 Å². The summed E-state index contributed by atoms with van der Waals surface area (Å²) in [6, 6.07) is 14.8. The molecule has 1 amide bonds. The summed E-state index contributed by atoms with van der Waals surface area (Å²) < 4.78 is 12.2. The molecule has 1 heterocycles. The van der Waals surface area contributed by atoms with Gasteiger partial charge in [0.15, 0.2) is 10.9 Å². The van der Waals surface area contributed by atoms with Gasteiger partial charge in [-0.1, -0.05) is 52.0 Å². The summed E-state index contributed by atoms with van der Waals surface area (Å²) in [4.78, 5) is 12.7. The highest BCUT2D eigenvalue weighted by atomic mass is 79.9. The summed E-state index contributed by atoms with van der Waals surface area (Å²) in [5, 5.41) is 3.28. The molecule has 8 heteroatoms. The first-order valence-corrected chi connectivity index (χ1v) is 9.68. The topological polar surface area (TPSA) is 50.8 Å². The van der Waals surface area contributed by atoms with Crippen molar-refractivity contribution in [3.8, 4) is 11.5 Å². The number of benzene rings is 2. The third-order valence-corrected chi connectivity index (χ3v) is 5.09. The number of hydrogen-bond donors (Lipinski definition) is 1. The van der Waals surface area contributed by atoms with Gasteiger partial charge in [-0.3, -0.25) is 10.2 Å². The zero-order valence-corrected chi connectivity index (χ0v) is 17.0. The predicted molar refractivity (Wildman–Crippen MR) is 111 cm³/mol. The number of thioether (sulfide) groups is 1. The summed E-state index contributed by atoms with van der Waals surface area (Å²) in [7, 11) is 1.60. The highest BCUT2D eigenvalue weighted by Crippen LogP contribution is 2.28. The van der Waals surface area contributed by atoms with Gasteiger partial charge in [0.1, 0.15) is 11.5 Å². The van der Waals surface area contributed by atoms with Crippen molar-refractivity contribution in [2.75, 3.05) is 13.7 Å². The van der Waals surface area contributed by atoms with Gasteiger partial charge in [-0.2, -0.15) is 0 Å². The first-order valence-electron chi connectivity index (χ1n) is 7.60. The standard InChI is InChI=1S/C18H15BrN2O3S2/c1-23-14-6-8-15(9-7-14)24-10-17(22)21-16(11-26-18(25)20-21)12-2-4-13(19)5-3-12/h2-9,11H,10H2,1H3,(H,20,25). The maximum atomic E-state index is 12.7. The van der Waals surface area contributed by atoms with Crippen LogP contribution < -0.4 is 14.9 Å². The largest absolute Gasteiger partial charge is 0.497 e. The smallest absolute Gasteiger partial charge is 0.283 e. The molecule has 0 spiro atoms. The Hall–Kier alpha value is -2.03. The molecule has 2 aromatic carbocycles. The molecule has 0 atom stereocenters. The zero-order valence-electron chi connectivity index (χ0n) is 13.8. The van der Waals surface area contributed by atoms with Crippen LogP contribution in [0.4, 0.5) is 0 Å². The van der Waals surface area contributed by atoms with Crippen molar-refractivity contribution in [2.24, 2.45) is 0 Å². The Bertz CT molecular complexity index is 839. The SMILES string of the molecule is COc1ccc(OCC(=O)N2NC(=S)SC=C2c2ccc(Br)cc2)cc1. The van der Waals surface area contributed by atoms with Gasteiger partial charge in [0.25, 0.3) is 5.91 Å².